The van der Waals surface area contributed by atoms with Crippen molar-refractivity contribution >= 4 is 23.5 Å². The third kappa shape index (κ3) is 4.97. The maximum Gasteiger partial charge on any atom is 0.306 e. The molecule has 2 amide bonds. The van der Waals surface area contributed by atoms with Crippen molar-refractivity contribution in [1.82, 2.24) is 4.90 Å². The summed E-state index contributed by atoms with van der Waals surface area (Å²) in [6.45, 7) is 3.04. The van der Waals surface area contributed by atoms with Gasteiger partial charge in [0.1, 0.15) is 0 Å². The van der Waals surface area contributed by atoms with Crippen LogP contribution in [-0.2, 0) is 22.6 Å². The summed E-state index contributed by atoms with van der Waals surface area (Å²) >= 11 is 0. The van der Waals surface area contributed by atoms with Gasteiger partial charge in [-0.2, -0.15) is 0 Å². The van der Waals surface area contributed by atoms with Crippen molar-refractivity contribution in [3.63, 3.8) is 0 Å². The molecule has 1 aliphatic rings. The van der Waals surface area contributed by atoms with Crippen LogP contribution in [0.5, 0.6) is 0 Å². The maximum absolute atomic E-state index is 12.4. The van der Waals surface area contributed by atoms with Crippen molar-refractivity contribution in [2.24, 2.45) is 5.92 Å². The highest BCUT2D eigenvalue weighted by Gasteiger charge is 2.20. The second kappa shape index (κ2) is 8.69. The Morgan fingerprint density at radius 2 is 1.71 bits per heavy atom. The molecule has 28 heavy (non-hydrogen) atoms. The SMILES string of the molecule is CC(Cc1ccc(NC(=O)c2ccc(CN3CCCC3=O)cc2)cc1)C(=O)O. The van der Waals surface area contributed by atoms with Gasteiger partial charge in [0.2, 0.25) is 5.91 Å². The molecule has 1 unspecified atom stereocenters. The van der Waals surface area contributed by atoms with Gasteiger partial charge in [-0.1, -0.05) is 31.2 Å². The monoisotopic (exact) mass is 380 g/mol. The number of hydrogen-bond acceptors (Lipinski definition) is 3. The summed E-state index contributed by atoms with van der Waals surface area (Å²) in [6, 6.07) is 14.5. The van der Waals surface area contributed by atoms with Crippen LogP contribution < -0.4 is 5.32 Å². The lowest BCUT2D eigenvalue weighted by Gasteiger charge is -2.15. The fourth-order valence-corrected chi connectivity index (χ4v) is 3.22. The number of nitrogens with one attached hydrogen (secondary N) is 1. The van der Waals surface area contributed by atoms with E-state index >= 15 is 0 Å². The zero-order valence-electron chi connectivity index (χ0n) is 15.9. The van der Waals surface area contributed by atoms with Gasteiger partial charge >= 0.3 is 5.97 Å². The molecule has 0 bridgehead atoms. The Labute approximate surface area is 164 Å². The first-order valence-electron chi connectivity index (χ1n) is 9.42. The Morgan fingerprint density at radius 3 is 2.29 bits per heavy atom. The Hall–Kier alpha value is -3.15. The number of carbonyl (C=O) groups is 3. The van der Waals surface area contributed by atoms with Crippen molar-refractivity contribution in [1.29, 1.82) is 0 Å². The highest BCUT2D eigenvalue weighted by molar-refractivity contribution is 6.04. The number of amides is 2. The molecule has 1 saturated heterocycles. The summed E-state index contributed by atoms with van der Waals surface area (Å²) in [5.74, 6) is -1.30. The smallest absolute Gasteiger partial charge is 0.306 e. The first kappa shape index (κ1) is 19.6. The predicted molar refractivity (Wildman–Crippen MR) is 106 cm³/mol. The molecule has 2 N–H and O–H groups in total. The summed E-state index contributed by atoms with van der Waals surface area (Å²) in [6.07, 6.45) is 1.98. The topological polar surface area (TPSA) is 86.7 Å². The van der Waals surface area contributed by atoms with E-state index in [0.717, 1.165) is 24.1 Å². The lowest BCUT2D eigenvalue weighted by Crippen LogP contribution is -2.23. The number of anilines is 1. The lowest BCUT2D eigenvalue weighted by molar-refractivity contribution is -0.141. The first-order chi connectivity index (χ1) is 13.4. The standard InChI is InChI=1S/C22H24N2O4/c1-15(22(27)28)13-16-6-10-19(11-7-16)23-21(26)18-8-4-17(5-9-18)14-24-12-2-3-20(24)25/h4-11,15H,2-3,12-14H2,1H3,(H,23,26)(H,27,28). The van der Waals surface area contributed by atoms with E-state index in [1.54, 1.807) is 31.2 Å². The van der Waals surface area contributed by atoms with Crippen LogP contribution in [0.25, 0.3) is 0 Å². The van der Waals surface area contributed by atoms with E-state index in [4.69, 9.17) is 5.11 Å². The molecule has 1 fully saturated rings. The van der Waals surface area contributed by atoms with Crippen molar-refractivity contribution < 1.29 is 19.5 Å². The molecule has 0 saturated carbocycles. The minimum atomic E-state index is -0.824. The molecule has 1 atom stereocenters. The van der Waals surface area contributed by atoms with E-state index < -0.39 is 11.9 Å². The summed E-state index contributed by atoms with van der Waals surface area (Å²) in [4.78, 5) is 36.9. The van der Waals surface area contributed by atoms with E-state index in [0.29, 0.717) is 30.6 Å². The summed E-state index contributed by atoms with van der Waals surface area (Å²) in [5.41, 5.74) is 3.11. The maximum atomic E-state index is 12.4. The molecule has 0 radical (unpaired) electrons. The minimum Gasteiger partial charge on any atom is -0.481 e. The molecule has 1 aliphatic heterocycles. The number of likely N-dealkylation sites (tertiary alicyclic amines) is 1. The zero-order valence-corrected chi connectivity index (χ0v) is 15.9. The number of carbonyl (C=O) groups excluding carboxylic acids is 2. The van der Waals surface area contributed by atoms with Crippen molar-refractivity contribution in [2.75, 3.05) is 11.9 Å². The molecular weight excluding hydrogens is 356 g/mol. The average molecular weight is 380 g/mol. The number of carboxylic acid groups (broad SMARTS) is 1. The van der Waals surface area contributed by atoms with Gasteiger partial charge in [-0.25, -0.2) is 0 Å². The second-order valence-corrected chi connectivity index (χ2v) is 7.21. The van der Waals surface area contributed by atoms with E-state index in [-0.39, 0.29) is 11.8 Å². The first-order valence-corrected chi connectivity index (χ1v) is 9.42. The molecule has 2 aromatic rings. The molecule has 2 aromatic carbocycles. The third-order valence-corrected chi connectivity index (χ3v) is 4.94. The molecular formula is C22H24N2O4. The van der Waals surface area contributed by atoms with E-state index in [1.165, 1.54) is 0 Å². The van der Waals surface area contributed by atoms with Crippen molar-refractivity contribution in [2.45, 2.75) is 32.7 Å². The zero-order chi connectivity index (χ0) is 20.1. The van der Waals surface area contributed by atoms with Crippen molar-refractivity contribution in [3.05, 3.63) is 65.2 Å². The molecule has 0 spiro atoms. The Kier molecular flexibility index (Phi) is 6.09. The number of nitrogens with zero attached hydrogens (tertiary/aromatic N) is 1. The molecule has 0 aromatic heterocycles. The van der Waals surface area contributed by atoms with Gasteiger partial charge in [0.25, 0.3) is 5.91 Å². The fourth-order valence-electron chi connectivity index (χ4n) is 3.22. The predicted octanol–water partition coefficient (Wildman–Crippen LogP) is 3.32. The summed E-state index contributed by atoms with van der Waals surface area (Å²) in [7, 11) is 0. The highest BCUT2D eigenvalue weighted by atomic mass is 16.4. The highest BCUT2D eigenvalue weighted by Crippen LogP contribution is 2.17. The van der Waals surface area contributed by atoms with E-state index in [1.807, 2.05) is 29.2 Å². The van der Waals surface area contributed by atoms with Crippen LogP contribution in [0.1, 0.15) is 41.3 Å². The van der Waals surface area contributed by atoms with Crippen LogP contribution in [0, 0.1) is 5.92 Å². The third-order valence-electron chi connectivity index (χ3n) is 4.94. The quantitative estimate of drug-likeness (QED) is 0.771. The van der Waals surface area contributed by atoms with Gasteiger partial charge < -0.3 is 15.3 Å². The molecule has 3 rings (SSSR count). The van der Waals surface area contributed by atoms with Crippen LogP contribution in [0.15, 0.2) is 48.5 Å². The number of rotatable bonds is 7. The fraction of sp³-hybridized carbons (Fsp3) is 0.318. The van der Waals surface area contributed by atoms with Gasteiger partial charge in [-0.15, -0.1) is 0 Å². The minimum absolute atomic E-state index is 0.183. The van der Waals surface area contributed by atoms with E-state index in [9.17, 15) is 14.4 Å². The number of aliphatic carboxylic acids is 1. The van der Waals surface area contributed by atoms with Crippen LogP contribution in [0.4, 0.5) is 5.69 Å². The van der Waals surface area contributed by atoms with Gasteiger partial charge in [0, 0.05) is 30.8 Å². The number of hydrogen-bond donors (Lipinski definition) is 2. The van der Waals surface area contributed by atoms with Gasteiger partial charge in [0.15, 0.2) is 0 Å². The number of carboxylic acids is 1. The van der Waals surface area contributed by atoms with Gasteiger partial charge in [-0.3, -0.25) is 14.4 Å². The van der Waals surface area contributed by atoms with Crippen LogP contribution in [0.2, 0.25) is 0 Å². The second-order valence-electron chi connectivity index (χ2n) is 7.21. The van der Waals surface area contributed by atoms with Crippen LogP contribution in [-0.4, -0.2) is 34.3 Å². The van der Waals surface area contributed by atoms with Crippen molar-refractivity contribution in [3.8, 4) is 0 Å². The van der Waals surface area contributed by atoms with Crippen LogP contribution >= 0.6 is 0 Å². The molecule has 0 aliphatic carbocycles. The van der Waals surface area contributed by atoms with Gasteiger partial charge in [-0.05, 0) is 48.2 Å². The Bertz CT molecular complexity index is 859. The van der Waals surface area contributed by atoms with Crippen LogP contribution in [0.3, 0.4) is 0 Å². The molecule has 6 heteroatoms. The Morgan fingerprint density at radius 1 is 1.07 bits per heavy atom. The Balaban J connectivity index is 1.56. The molecule has 6 nitrogen and oxygen atoms in total. The number of benzene rings is 2. The van der Waals surface area contributed by atoms with E-state index in [2.05, 4.69) is 5.32 Å². The normalized spacial score (nSPS) is 14.8. The molecule has 1 heterocycles. The van der Waals surface area contributed by atoms with Gasteiger partial charge in [0.05, 0.1) is 5.92 Å². The lowest BCUT2D eigenvalue weighted by atomic mass is 10.0. The summed E-state index contributed by atoms with van der Waals surface area (Å²) in [5, 5.41) is 11.8. The largest absolute Gasteiger partial charge is 0.481 e. The summed E-state index contributed by atoms with van der Waals surface area (Å²) < 4.78 is 0. The average Bonchev–Trinajstić information content (AvgIpc) is 3.08. The molecule has 146 valence electrons.